The molecular formula is C35H32ClF3N6O6. The van der Waals surface area contributed by atoms with Gasteiger partial charge in [-0.05, 0) is 51.1 Å². The molecule has 51 heavy (non-hydrogen) atoms. The lowest BCUT2D eigenvalue weighted by molar-refractivity contribution is -0.322. The second-order valence-electron chi connectivity index (χ2n) is 13.0. The van der Waals surface area contributed by atoms with Crippen molar-refractivity contribution >= 4 is 17.6 Å². The summed E-state index contributed by atoms with van der Waals surface area (Å²) >= 11 is 6.32. The zero-order valence-corrected chi connectivity index (χ0v) is 28.3. The van der Waals surface area contributed by atoms with Crippen molar-refractivity contribution in [2.75, 3.05) is 13.2 Å². The number of benzene rings is 3. The van der Waals surface area contributed by atoms with E-state index in [0.29, 0.717) is 16.5 Å². The summed E-state index contributed by atoms with van der Waals surface area (Å²) in [5.41, 5.74) is 0.493. The number of rotatable bonds is 8. The molecule has 0 N–H and O–H groups in total. The van der Waals surface area contributed by atoms with E-state index in [1.807, 2.05) is 30.3 Å². The average molecular weight is 725 g/mol. The molecule has 16 heteroatoms. The lowest BCUT2D eigenvalue weighted by Crippen LogP contribution is -2.58. The number of nitrogens with zero attached hydrogens (tertiary/aromatic N) is 6. The molecule has 2 aromatic heterocycles. The first-order valence-electron chi connectivity index (χ1n) is 16.0. The number of ether oxygens (including phenoxy) is 5. The maximum atomic E-state index is 14.3. The zero-order valence-electron chi connectivity index (χ0n) is 27.5. The number of hydrogen-bond donors (Lipinski definition) is 0. The fourth-order valence-electron chi connectivity index (χ4n) is 6.12. The average Bonchev–Trinajstić information content (AvgIpc) is 3.79. The van der Waals surface area contributed by atoms with Crippen LogP contribution in [0.1, 0.15) is 50.6 Å². The maximum Gasteiger partial charge on any atom is 0.332 e. The van der Waals surface area contributed by atoms with Gasteiger partial charge >= 0.3 is 5.97 Å². The maximum absolute atomic E-state index is 14.3. The van der Waals surface area contributed by atoms with Gasteiger partial charge in [0.1, 0.15) is 54.7 Å². The summed E-state index contributed by atoms with van der Waals surface area (Å²) in [5.74, 6) is -4.73. The van der Waals surface area contributed by atoms with Gasteiger partial charge < -0.3 is 23.7 Å². The van der Waals surface area contributed by atoms with E-state index < -0.39 is 72.4 Å². The van der Waals surface area contributed by atoms with E-state index in [1.54, 1.807) is 45.0 Å². The molecular weight excluding hydrogens is 693 g/mol. The molecule has 6 atom stereocenters. The first kappa shape index (κ1) is 34.8. The summed E-state index contributed by atoms with van der Waals surface area (Å²) in [7, 11) is 0. The van der Waals surface area contributed by atoms with E-state index in [-0.39, 0.29) is 17.9 Å². The van der Waals surface area contributed by atoms with Crippen molar-refractivity contribution in [2.24, 2.45) is 0 Å². The number of halogens is 4. The normalized spacial score (nSPS) is 23.5. The van der Waals surface area contributed by atoms with Crippen LogP contribution in [0.3, 0.4) is 0 Å². The lowest BCUT2D eigenvalue weighted by atomic mass is 9.90. The minimum Gasteiger partial charge on any atom is -0.458 e. The Balaban J connectivity index is 1.33. The van der Waals surface area contributed by atoms with Gasteiger partial charge in [0.15, 0.2) is 29.6 Å². The van der Waals surface area contributed by atoms with Gasteiger partial charge in [0.2, 0.25) is 0 Å². The van der Waals surface area contributed by atoms with E-state index in [4.69, 9.17) is 35.3 Å². The molecule has 7 rings (SSSR count). The number of esters is 1. The van der Waals surface area contributed by atoms with Crippen LogP contribution in [0.2, 0.25) is 5.02 Å². The van der Waals surface area contributed by atoms with Gasteiger partial charge in [-0.1, -0.05) is 53.2 Å². The molecule has 2 fully saturated rings. The van der Waals surface area contributed by atoms with Crippen LogP contribution >= 0.6 is 11.6 Å². The molecule has 4 heterocycles. The van der Waals surface area contributed by atoms with E-state index >= 15 is 0 Å². The highest BCUT2D eigenvalue weighted by Crippen LogP contribution is 2.45. The molecule has 12 nitrogen and oxygen atoms in total. The zero-order chi connectivity index (χ0) is 35.9. The van der Waals surface area contributed by atoms with Gasteiger partial charge in [-0.25, -0.2) is 32.3 Å². The fourth-order valence-corrected chi connectivity index (χ4v) is 6.30. The molecule has 5 aromatic rings. The van der Waals surface area contributed by atoms with Gasteiger partial charge in [-0.15, -0.1) is 5.10 Å². The van der Waals surface area contributed by atoms with Gasteiger partial charge in [0, 0.05) is 16.1 Å². The molecule has 2 saturated heterocycles. The predicted octanol–water partition coefficient (Wildman–Crippen LogP) is 6.12. The van der Waals surface area contributed by atoms with Crippen LogP contribution in [0, 0.1) is 17.5 Å². The highest BCUT2D eigenvalue weighted by Gasteiger charge is 2.54. The number of carbonyl (C=O) groups is 1. The third-order valence-electron chi connectivity index (χ3n) is 8.21. The summed E-state index contributed by atoms with van der Waals surface area (Å²) < 4.78 is 76.6. The standard InChI is InChI=1S/C35H32ClF3N6O6/c1-35(2,3)51-27(46)17-47-31-29(44-15-25(42-43-44)20-12-23(37)28(39)24(38)13-20)30-26(16-48-34(50-30)19-8-5-4-6-9-19)49-32(31)33-40-18-41-45(33)22-11-7-10-21(36)14-22/h4-15,18,26,29-32,34H,16-17H2,1-3H3/t26-,29+,30+,31-,32-,34+/m1/s1. The van der Waals surface area contributed by atoms with Gasteiger partial charge in [0.25, 0.3) is 0 Å². The molecule has 0 aliphatic carbocycles. The molecule has 2 aliphatic rings. The molecule has 0 bridgehead atoms. The fraction of sp³-hybridized carbons (Fsp3) is 0.343. The third kappa shape index (κ3) is 7.39. The number of aromatic nitrogens is 6. The van der Waals surface area contributed by atoms with Gasteiger partial charge in [0.05, 0.1) is 18.5 Å². The third-order valence-corrected chi connectivity index (χ3v) is 8.45. The molecule has 0 unspecified atom stereocenters. The van der Waals surface area contributed by atoms with Crippen molar-refractivity contribution in [2.45, 2.75) is 63.1 Å². The molecule has 2 aliphatic heterocycles. The molecule has 0 radical (unpaired) electrons. The first-order chi connectivity index (χ1) is 24.4. The second kappa shape index (κ2) is 14.2. The molecule has 266 valence electrons. The van der Waals surface area contributed by atoms with Crippen molar-refractivity contribution in [1.82, 2.24) is 29.8 Å². The summed E-state index contributed by atoms with van der Waals surface area (Å²) in [5, 5.41) is 13.4. The van der Waals surface area contributed by atoms with E-state index in [2.05, 4.69) is 20.4 Å². The largest absolute Gasteiger partial charge is 0.458 e. The molecule has 0 amide bonds. The Morgan fingerprint density at radius 2 is 1.78 bits per heavy atom. The molecule has 3 aromatic carbocycles. The van der Waals surface area contributed by atoms with Gasteiger partial charge in [-0.2, -0.15) is 5.10 Å². The topological polar surface area (TPSA) is 125 Å². The van der Waals surface area contributed by atoms with Crippen LogP contribution in [0.25, 0.3) is 16.9 Å². The van der Waals surface area contributed by atoms with Crippen LogP contribution in [0.5, 0.6) is 0 Å². The van der Waals surface area contributed by atoms with Crippen molar-refractivity contribution in [3.63, 3.8) is 0 Å². The van der Waals surface area contributed by atoms with Crippen LogP contribution in [-0.4, -0.2) is 72.9 Å². The Morgan fingerprint density at radius 1 is 1.02 bits per heavy atom. The van der Waals surface area contributed by atoms with Gasteiger partial charge in [-0.3, -0.25) is 0 Å². The highest BCUT2D eigenvalue weighted by molar-refractivity contribution is 6.30. The molecule has 0 saturated carbocycles. The Hall–Kier alpha value is -4.67. The van der Waals surface area contributed by atoms with E-state index in [1.165, 1.54) is 21.9 Å². The summed E-state index contributed by atoms with van der Waals surface area (Å²) in [6, 6.07) is 16.9. The van der Waals surface area contributed by atoms with Crippen molar-refractivity contribution < 1.29 is 41.7 Å². The summed E-state index contributed by atoms with van der Waals surface area (Å²) in [6.45, 7) is 4.76. The number of carbonyl (C=O) groups excluding carboxylic acids is 1. The smallest absolute Gasteiger partial charge is 0.332 e. The quantitative estimate of drug-likeness (QED) is 0.137. The Morgan fingerprint density at radius 3 is 2.51 bits per heavy atom. The first-order valence-corrected chi connectivity index (χ1v) is 16.4. The van der Waals surface area contributed by atoms with Crippen molar-refractivity contribution in [1.29, 1.82) is 0 Å². The Bertz CT molecular complexity index is 2000. The van der Waals surface area contributed by atoms with Crippen molar-refractivity contribution in [3.05, 3.63) is 113 Å². The highest BCUT2D eigenvalue weighted by atomic mass is 35.5. The summed E-state index contributed by atoms with van der Waals surface area (Å²) in [4.78, 5) is 17.6. The minimum atomic E-state index is -1.61. The monoisotopic (exact) mass is 724 g/mol. The second-order valence-corrected chi connectivity index (χ2v) is 13.4. The summed E-state index contributed by atoms with van der Waals surface area (Å²) in [6.07, 6.45) is -1.77. The predicted molar refractivity (Wildman–Crippen MR) is 174 cm³/mol. The SMILES string of the molecule is CC(C)(C)OC(=O)CO[C@@H]1[C@@H](n2cc(-c3cc(F)c(F)c(F)c3)nn2)[C@H]2O[C@@H](c3ccccc3)OC[C@H]2O[C@H]1c1ncnn1-c1cccc(Cl)c1. The number of hydrogen-bond acceptors (Lipinski definition) is 10. The Labute approximate surface area is 295 Å². The minimum absolute atomic E-state index is 0.0343. The number of fused-ring (bicyclic) bond motifs is 1. The Kier molecular flexibility index (Phi) is 9.65. The van der Waals surface area contributed by atoms with E-state index in [9.17, 15) is 18.0 Å². The van der Waals surface area contributed by atoms with Crippen LogP contribution < -0.4 is 0 Å². The lowest BCUT2D eigenvalue weighted by Gasteiger charge is -2.49. The van der Waals surface area contributed by atoms with Crippen LogP contribution in [-0.2, 0) is 28.5 Å². The van der Waals surface area contributed by atoms with Crippen LogP contribution in [0.4, 0.5) is 13.2 Å². The van der Waals surface area contributed by atoms with Crippen molar-refractivity contribution in [3.8, 4) is 16.9 Å². The molecule has 0 spiro atoms. The van der Waals surface area contributed by atoms with Crippen LogP contribution in [0.15, 0.2) is 79.3 Å². The van der Waals surface area contributed by atoms with E-state index in [0.717, 1.165) is 17.7 Å².